The van der Waals surface area contributed by atoms with E-state index in [1.54, 1.807) is 0 Å². The van der Waals surface area contributed by atoms with Gasteiger partial charge in [0.15, 0.2) is 0 Å². The first-order valence-corrected chi connectivity index (χ1v) is 7.38. The highest BCUT2D eigenvalue weighted by molar-refractivity contribution is 7.09. The van der Waals surface area contributed by atoms with Gasteiger partial charge in [-0.2, -0.15) is 13.2 Å². The van der Waals surface area contributed by atoms with Crippen LogP contribution in [-0.4, -0.2) is 23.3 Å². The monoisotopic (exact) mass is 332 g/mol. The Balaban J connectivity index is 2.18. The standard InChI is InChI=1S/C14H15F3N2O2S/c1-9-8-22-13(19-9)7-18-12-3-2-10(21-5-4-20)6-11(12)14(15,16)17/h2-3,6,8,18,20H,4-5,7H2,1H3. The van der Waals surface area contributed by atoms with Crippen molar-refractivity contribution >= 4 is 17.0 Å². The lowest BCUT2D eigenvalue weighted by atomic mass is 10.1. The summed E-state index contributed by atoms with van der Waals surface area (Å²) in [6, 6.07) is 3.67. The van der Waals surface area contributed by atoms with Crippen molar-refractivity contribution in [2.24, 2.45) is 0 Å². The summed E-state index contributed by atoms with van der Waals surface area (Å²) in [5, 5.41) is 14.0. The minimum Gasteiger partial charge on any atom is -0.491 e. The Kier molecular flexibility index (Phi) is 5.25. The van der Waals surface area contributed by atoms with Gasteiger partial charge in [0.25, 0.3) is 0 Å². The largest absolute Gasteiger partial charge is 0.491 e. The van der Waals surface area contributed by atoms with Crippen LogP contribution < -0.4 is 10.1 Å². The van der Waals surface area contributed by atoms with Gasteiger partial charge in [-0.1, -0.05) is 0 Å². The fourth-order valence-corrected chi connectivity index (χ4v) is 2.53. The Morgan fingerprint density at radius 3 is 2.73 bits per heavy atom. The van der Waals surface area contributed by atoms with Gasteiger partial charge >= 0.3 is 6.18 Å². The molecule has 0 atom stereocenters. The van der Waals surface area contributed by atoms with Crippen LogP contribution in [0.4, 0.5) is 18.9 Å². The number of anilines is 1. The van der Waals surface area contributed by atoms with Gasteiger partial charge in [0.2, 0.25) is 0 Å². The topological polar surface area (TPSA) is 54.4 Å². The Morgan fingerprint density at radius 1 is 1.36 bits per heavy atom. The number of aliphatic hydroxyl groups excluding tert-OH is 1. The number of alkyl halides is 3. The predicted molar refractivity (Wildman–Crippen MR) is 78.2 cm³/mol. The molecule has 0 fully saturated rings. The van der Waals surface area contributed by atoms with Crippen LogP contribution in [0.5, 0.6) is 5.75 Å². The molecule has 2 aromatic rings. The smallest absolute Gasteiger partial charge is 0.418 e. The molecule has 0 spiro atoms. The zero-order valence-electron chi connectivity index (χ0n) is 11.8. The van der Waals surface area contributed by atoms with Gasteiger partial charge in [-0.15, -0.1) is 11.3 Å². The summed E-state index contributed by atoms with van der Waals surface area (Å²) < 4.78 is 44.4. The lowest BCUT2D eigenvalue weighted by Gasteiger charge is -2.15. The number of aromatic nitrogens is 1. The van der Waals surface area contributed by atoms with Gasteiger partial charge in [0.05, 0.1) is 18.7 Å². The summed E-state index contributed by atoms with van der Waals surface area (Å²) in [6.45, 7) is 1.74. The lowest BCUT2D eigenvalue weighted by Crippen LogP contribution is -2.12. The third kappa shape index (κ3) is 4.35. The van der Waals surface area contributed by atoms with Crippen LogP contribution in [-0.2, 0) is 12.7 Å². The quantitative estimate of drug-likeness (QED) is 0.851. The molecule has 120 valence electrons. The Morgan fingerprint density at radius 2 is 2.14 bits per heavy atom. The molecule has 0 amide bonds. The molecule has 0 radical (unpaired) electrons. The van der Waals surface area contributed by atoms with Gasteiger partial charge in [0, 0.05) is 16.8 Å². The summed E-state index contributed by atoms with van der Waals surface area (Å²) in [7, 11) is 0. The Labute approximate surface area is 129 Å². The number of benzene rings is 1. The number of ether oxygens (including phenoxy) is 1. The van der Waals surface area contributed by atoms with Gasteiger partial charge in [-0.05, 0) is 25.1 Å². The fourth-order valence-electron chi connectivity index (χ4n) is 1.82. The molecule has 1 aromatic carbocycles. The molecule has 4 nitrogen and oxygen atoms in total. The van der Waals surface area contributed by atoms with E-state index in [-0.39, 0.29) is 31.2 Å². The van der Waals surface area contributed by atoms with Crippen LogP contribution in [0, 0.1) is 6.92 Å². The Bertz CT molecular complexity index is 629. The van der Waals surface area contributed by atoms with Crippen LogP contribution >= 0.6 is 11.3 Å². The normalized spacial score (nSPS) is 11.5. The van der Waals surface area contributed by atoms with E-state index in [1.165, 1.54) is 23.5 Å². The van der Waals surface area contributed by atoms with Crippen molar-refractivity contribution in [3.05, 3.63) is 39.8 Å². The lowest BCUT2D eigenvalue weighted by molar-refractivity contribution is -0.137. The van der Waals surface area contributed by atoms with Crippen LogP contribution in [0.25, 0.3) is 0 Å². The molecule has 0 aliphatic heterocycles. The number of hydrogen-bond acceptors (Lipinski definition) is 5. The Hall–Kier alpha value is -1.80. The molecule has 1 aromatic heterocycles. The second kappa shape index (κ2) is 6.97. The molecule has 0 saturated carbocycles. The number of aliphatic hydroxyl groups is 1. The second-order valence-electron chi connectivity index (χ2n) is 4.51. The molecule has 1 heterocycles. The van der Waals surface area contributed by atoms with Crippen molar-refractivity contribution in [2.75, 3.05) is 18.5 Å². The minimum atomic E-state index is -4.50. The molecular formula is C14H15F3N2O2S. The average molecular weight is 332 g/mol. The molecule has 8 heteroatoms. The summed E-state index contributed by atoms with van der Waals surface area (Å²) in [5.41, 5.74) is -0.00137. The van der Waals surface area contributed by atoms with Crippen molar-refractivity contribution in [1.29, 1.82) is 0 Å². The van der Waals surface area contributed by atoms with Gasteiger partial charge < -0.3 is 15.2 Å². The average Bonchev–Trinajstić information content (AvgIpc) is 2.88. The number of hydrogen-bond donors (Lipinski definition) is 2. The van der Waals surface area contributed by atoms with Crippen LogP contribution in [0.15, 0.2) is 23.6 Å². The molecule has 0 saturated heterocycles. The van der Waals surface area contributed by atoms with Gasteiger partial charge in [-0.3, -0.25) is 0 Å². The molecular weight excluding hydrogens is 317 g/mol. The molecule has 2 rings (SSSR count). The predicted octanol–water partition coefficient (Wildman–Crippen LogP) is 3.45. The summed E-state index contributed by atoms with van der Waals surface area (Å²) in [4.78, 5) is 4.20. The number of nitrogens with one attached hydrogen (secondary N) is 1. The highest BCUT2D eigenvalue weighted by atomic mass is 32.1. The van der Waals surface area contributed by atoms with Crippen LogP contribution in [0.2, 0.25) is 0 Å². The van der Waals surface area contributed by atoms with E-state index in [0.717, 1.165) is 11.8 Å². The summed E-state index contributed by atoms with van der Waals surface area (Å²) >= 11 is 1.39. The van der Waals surface area contributed by atoms with Crippen molar-refractivity contribution in [3.8, 4) is 5.75 Å². The number of aryl methyl sites for hydroxylation is 1. The highest BCUT2D eigenvalue weighted by Crippen LogP contribution is 2.37. The number of rotatable bonds is 6. The number of thiazole rings is 1. The first kappa shape index (κ1) is 16.6. The maximum absolute atomic E-state index is 13.1. The van der Waals surface area contributed by atoms with Crippen molar-refractivity contribution in [1.82, 2.24) is 4.98 Å². The minimum absolute atomic E-state index is 0.0308. The first-order valence-electron chi connectivity index (χ1n) is 6.50. The van der Waals surface area contributed by atoms with E-state index in [9.17, 15) is 13.2 Å². The molecule has 0 aliphatic carbocycles. The van der Waals surface area contributed by atoms with Crippen LogP contribution in [0.3, 0.4) is 0 Å². The van der Waals surface area contributed by atoms with E-state index >= 15 is 0 Å². The zero-order chi connectivity index (χ0) is 16.2. The number of nitrogens with zero attached hydrogens (tertiary/aromatic N) is 1. The maximum Gasteiger partial charge on any atom is 0.418 e. The molecule has 0 aliphatic rings. The summed E-state index contributed by atoms with van der Waals surface area (Å²) in [6.07, 6.45) is -4.50. The SMILES string of the molecule is Cc1csc(CNc2ccc(OCCO)cc2C(F)(F)F)n1. The third-order valence-electron chi connectivity index (χ3n) is 2.75. The molecule has 2 N–H and O–H groups in total. The summed E-state index contributed by atoms with van der Waals surface area (Å²) in [5.74, 6) is 0.0667. The number of halogens is 3. The molecule has 22 heavy (non-hydrogen) atoms. The fraction of sp³-hybridized carbons (Fsp3) is 0.357. The van der Waals surface area contributed by atoms with Crippen LogP contribution in [0.1, 0.15) is 16.3 Å². The first-order chi connectivity index (χ1) is 10.4. The molecule has 0 bridgehead atoms. The van der Waals surface area contributed by atoms with E-state index in [2.05, 4.69) is 10.3 Å². The van der Waals surface area contributed by atoms with E-state index in [1.807, 2.05) is 12.3 Å². The highest BCUT2D eigenvalue weighted by Gasteiger charge is 2.34. The zero-order valence-corrected chi connectivity index (χ0v) is 12.6. The van der Waals surface area contributed by atoms with Crippen molar-refractivity contribution in [2.45, 2.75) is 19.6 Å². The third-order valence-corrected chi connectivity index (χ3v) is 3.72. The maximum atomic E-state index is 13.1. The second-order valence-corrected chi connectivity index (χ2v) is 5.46. The van der Waals surface area contributed by atoms with Crippen molar-refractivity contribution in [3.63, 3.8) is 0 Å². The van der Waals surface area contributed by atoms with E-state index < -0.39 is 11.7 Å². The van der Waals surface area contributed by atoms with E-state index in [4.69, 9.17) is 9.84 Å². The van der Waals surface area contributed by atoms with E-state index in [0.29, 0.717) is 5.01 Å². The van der Waals surface area contributed by atoms with Gasteiger partial charge in [-0.25, -0.2) is 4.98 Å². The van der Waals surface area contributed by atoms with Crippen molar-refractivity contribution < 1.29 is 23.0 Å². The molecule has 0 unspecified atom stereocenters. The van der Waals surface area contributed by atoms with Gasteiger partial charge in [0.1, 0.15) is 17.4 Å².